The fourth-order valence-corrected chi connectivity index (χ4v) is 5.02. The van der Waals surface area contributed by atoms with Crippen LogP contribution in [0.5, 0.6) is 5.75 Å². The number of para-hydroxylation sites is 1. The zero-order chi connectivity index (χ0) is 26.5. The third kappa shape index (κ3) is 4.64. The van der Waals surface area contributed by atoms with E-state index in [1.807, 2.05) is 48.7 Å². The van der Waals surface area contributed by atoms with Crippen LogP contribution in [0.25, 0.3) is 17.0 Å². The van der Waals surface area contributed by atoms with Crippen LogP contribution in [0.3, 0.4) is 0 Å². The second kappa shape index (κ2) is 9.38. The van der Waals surface area contributed by atoms with Crippen LogP contribution in [-0.2, 0) is 11.3 Å². The number of hydrazone groups is 1. The number of thioether (sulfide) groups is 1. The molecular formula is C25H19ClF3N5O2S. The lowest BCUT2D eigenvalue weighted by molar-refractivity contribution is -0.114. The molecule has 190 valence electrons. The summed E-state index contributed by atoms with van der Waals surface area (Å²) in [6.45, 7) is 4.62. The molecule has 3 aromatic rings. The number of nitrogens with one attached hydrogen (secondary N) is 1. The summed E-state index contributed by atoms with van der Waals surface area (Å²) in [5.41, 5.74) is 3.11. The number of amides is 1. The van der Waals surface area contributed by atoms with Gasteiger partial charge in [-0.05, 0) is 61.5 Å². The van der Waals surface area contributed by atoms with E-state index in [1.54, 1.807) is 12.1 Å². The van der Waals surface area contributed by atoms with Crippen LogP contribution in [0, 0.1) is 19.3 Å². The smallest absolute Gasteiger partial charge is 0.441 e. The average molecular weight is 546 g/mol. The molecule has 5 rings (SSSR count). The van der Waals surface area contributed by atoms with E-state index in [0.717, 1.165) is 27.2 Å². The number of rotatable bonds is 5. The molecule has 2 aromatic carbocycles. The van der Waals surface area contributed by atoms with Crippen LogP contribution >= 0.6 is 23.4 Å². The summed E-state index contributed by atoms with van der Waals surface area (Å²) >= 11 is 6.31. The minimum Gasteiger partial charge on any atom is -0.492 e. The van der Waals surface area contributed by atoms with Gasteiger partial charge in [-0.15, -0.1) is 0 Å². The first kappa shape index (κ1) is 25.1. The van der Waals surface area contributed by atoms with Crippen molar-refractivity contribution in [1.82, 2.24) is 9.58 Å². The fourth-order valence-electron chi connectivity index (χ4n) is 4.14. The number of aryl methyl sites for hydroxylation is 1. The quantitative estimate of drug-likeness (QED) is 0.389. The highest BCUT2D eigenvalue weighted by Crippen LogP contribution is 2.36. The third-order valence-electron chi connectivity index (χ3n) is 5.98. The van der Waals surface area contributed by atoms with E-state index in [4.69, 9.17) is 21.7 Å². The summed E-state index contributed by atoms with van der Waals surface area (Å²) in [6, 6.07) is 13.0. The lowest BCUT2D eigenvalue weighted by Crippen LogP contribution is -2.35. The van der Waals surface area contributed by atoms with Gasteiger partial charge in [0.15, 0.2) is 5.84 Å². The number of nitrogens with zero attached hydrogens (tertiary/aromatic N) is 4. The minimum atomic E-state index is -4.70. The van der Waals surface area contributed by atoms with Gasteiger partial charge < -0.3 is 9.30 Å². The van der Waals surface area contributed by atoms with E-state index in [1.165, 1.54) is 6.08 Å². The SMILES string of the molecule is Cc1cc(OCCn2c(C)c(/C=C3/C(=N)N4N=C(C(F)(F)F)SC4=NC3=O)c3ccccc32)ccc1Cl. The van der Waals surface area contributed by atoms with Gasteiger partial charge in [0.1, 0.15) is 12.4 Å². The van der Waals surface area contributed by atoms with Crippen molar-refractivity contribution in [3.63, 3.8) is 0 Å². The van der Waals surface area contributed by atoms with Crippen molar-refractivity contribution < 1.29 is 22.7 Å². The molecule has 2 aliphatic rings. The third-order valence-corrected chi connectivity index (χ3v) is 7.36. The van der Waals surface area contributed by atoms with Crippen molar-refractivity contribution in [2.24, 2.45) is 10.1 Å². The highest BCUT2D eigenvalue weighted by Gasteiger charge is 2.46. The first-order chi connectivity index (χ1) is 17.5. The molecule has 2 aliphatic heterocycles. The Hall–Kier alpha value is -3.57. The number of fused-ring (bicyclic) bond motifs is 2. The van der Waals surface area contributed by atoms with Crippen LogP contribution in [0.1, 0.15) is 16.8 Å². The van der Waals surface area contributed by atoms with Gasteiger partial charge >= 0.3 is 6.18 Å². The maximum atomic E-state index is 13.1. The Morgan fingerprint density at radius 3 is 2.68 bits per heavy atom. The summed E-state index contributed by atoms with van der Waals surface area (Å²) < 4.78 is 47.3. The predicted octanol–water partition coefficient (Wildman–Crippen LogP) is 6.17. The molecule has 0 saturated carbocycles. The lowest BCUT2D eigenvalue weighted by atomic mass is 10.1. The lowest BCUT2D eigenvalue weighted by Gasteiger charge is -2.20. The fraction of sp³-hybridized carbons (Fsp3) is 0.200. The molecule has 0 fully saturated rings. The van der Waals surface area contributed by atoms with Crippen LogP contribution < -0.4 is 4.74 Å². The minimum absolute atomic E-state index is 0.143. The van der Waals surface area contributed by atoms with Crippen LogP contribution in [0.15, 0.2) is 58.1 Å². The highest BCUT2D eigenvalue weighted by molar-refractivity contribution is 8.27. The van der Waals surface area contributed by atoms with Crippen molar-refractivity contribution in [3.05, 3.63) is 69.9 Å². The zero-order valence-corrected chi connectivity index (χ0v) is 21.1. The first-order valence-electron chi connectivity index (χ1n) is 11.1. The van der Waals surface area contributed by atoms with Gasteiger partial charge in [-0.25, -0.2) is 0 Å². The van der Waals surface area contributed by atoms with Crippen molar-refractivity contribution in [3.8, 4) is 5.75 Å². The van der Waals surface area contributed by atoms with Crippen LogP contribution in [0.2, 0.25) is 5.02 Å². The number of aromatic nitrogens is 1. The van der Waals surface area contributed by atoms with Gasteiger partial charge in [0.25, 0.3) is 5.91 Å². The molecule has 37 heavy (non-hydrogen) atoms. The van der Waals surface area contributed by atoms with Gasteiger partial charge in [0.05, 0.1) is 12.1 Å². The number of benzene rings is 2. The summed E-state index contributed by atoms with van der Waals surface area (Å²) in [5.74, 6) is -0.560. The molecule has 0 atom stereocenters. The monoisotopic (exact) mass is 545 g/mol. The number of carbonyl (C=O) groups is 1. The molecule has 1 aromatic heterocycles. The van der Waals surface area contributed by atoms with Gasteiger partial charge in [-0.3, -0.25) is 10.2 Å². The van der Waals surface area contributed by atoms with Gasteiger partial charge in [0, 0.05) is 27.2 Å². The summed E-state index contributed by atoms with van der Waals surface area (Å²) in [7, 11) is 0. The largest absolute Gasteiger partial charge is 0.492 e. The maximum Gasteiger partial charge on any atom is 0.441 e. The Bertz CT molecular complexity index is 1560. The van der Waals surface area contributed by atoms with E-state index < -0.39 is 23.0 Å². The molecule has 0 aliphatic carbocycles. The molecule has 3 heterocycles. The highest BCUT2D eigenvalue weighted by atomic mass is 35.5. The summed E-state index contributed by atoms with van der Waals surface area (Å²) in [6.07, 6.45) is -3.21. The molecule has 0 unspecified atom stereocenters. The van der Waals surface area contributed by atoms with E-state index in [-0.39, 0.29) is 22.5 Å². The van der Waals surface area contributed by atoms with E-state index in [2.05, 4.69) is 10.1 Å². The molecule has 0 saturated heterocycles. The zero-order valence-electron chi connectivity index (χ0n) is 19.6. The number of ether oxygens (including phenoxy) is 1. The van der Waals surface area contributed by atoms with Gasteiger partial charge in [-0.2, -0.15) is 28.3 Å². The van der Waals surface area contributed by atoms with Gasteiger partial charge in [-0.1, -0.05) is 29.8 Å². The Balaban J connectivity index is 1.47. The van der Waals surface area contributed by atoms with E-state index in [0.29, 0.717) is 29.5 Å². The van der Waals surface area contributed by atoms with E-state index in [9.17, 15) is 18.0 Å². The summed E-state index contributed by atoms with van der Waals surface area (Å²) in [5, 5.41) is 12.6. The molecule has 7 nitrogen and oxygen atoms in total. The molecule has 0 radical (unpaired) electrons. The Morgan fingerprint density at radius 2 is 1.95 bits per heavy atom. The number of hydrogen-bond acceptors (Lipinski definition) is 5. The molecule has 0 spiro atoms. The molecule has 0 bridgehead atoms. The Morgan fingerprint density at radius 1 is 1.19 bits per heavy atom. The standard InChI is InChI=1S/C25H19ClF3N5O2S/c1-13-11-15(7-8-19(13)26)36-10-9-33-14(2)17(16-5-3-4-6-20(16)33)12-18-21(30)34-24(31-22(18)35)37-23(32-34)25(27,28)29/h3-8,11-12,30H,9-10H2,1-2H3/b18-12-,30-21?. The number of alkyl halides is 3. The molecular weight excluding hydrogens is 527 g/mol. The van der Waals surface area contributed by atoms with Crippen molar-refractivity contribution >= 4 is 62.3 Å². The van der Waals surface area contributed by atoms with Crippen molar-refractivity contribution in [2.75, 3.05) is 6.61 Å². The van der Waals surface area contributed by atoms with Gasteiger partial charge in [0.2, 0.25) is 10.2 Å². The predicted molar refractivity (Wildman–Crippen MR) is 139 cm³/mol. The van der Waals surface area contributed by atoms with Crippen LogP contribution in [-0.4, -0.2) is 44.3 Å². The molecule has 12 heteroatoms. The van der Waals surface area contributed by atoms with Crippen molar-refractivity contribution in [1.29, 1.82) is 5.41 Å². The maximum absolute atomic E-state index is 13.1. The molecule has 1 N–H and O–H groups in total. The molecule has 1 amide bonds. The number of aliphatic imine (C=N–C) groups is 1. The Kier molecular flexibility index (Phi) is 6.36. The van der Waals surface area contributed by atoms with Crippen molar-refractivity contribution in [2.45, 2.75) is 26.6 Å². The average Bonchev–Trinajstić information content (AvgIpc) is 3.39. The normalized spacial score (nSPS) is 16.9. The Labute approximate surface area is 218 Å². The number of hydrogen-bond donors (Lipinski definition) is 1. The summed E-state index contributed by atoms with van der Waals surface area (Å²) in [4.78, 5) is 16.5. The number of carbonyl (C=O) groups excluding carboxylic acids is 1. The van der Waals surface area contributed by atoms with Crippen LogP contribution in [0.4, 0.5) is 13.2 Å². The topological polar surface area (TPSA) is 83.0 Å². The first-order valence-corrected chi connectivity index (χ1v) is 12.3. The second-order valence-electron chi connectivity index (χ2n) is 8.35. The number of amidine groups is 2. The van der Waals surface area contributed by atoms with E-state index >= 15 is 0 Å². The number of halogens is 4. The second-order valence-corrected chi connectivity index (χ2v) is 9.71.